The lowest BCUT2D eigenvalue weighted by Crippen LogP contribution is -2.27. The molecule has 0 bridgehead atoms. The van der Waals surface area contributed by atoms with Crippen molar-refractivity contribution >= 4 is 11.6 Å². The zero-order chi connectivity index (χ0) is 17.4. The van der Waals surface area contributed by atoms with E-state index in [9.17, 15) is 5.26 Å². The van der Waals surface area contributed by atoms with Crippen molar-refractivity contribution in [3.63, 3.8) is 0 Å². The van der Waals surface area contributed by atoms with Crippen molar-refractivity contribution < 1.29 is 0 Å². The molecule has 0 radical (unpaired) electrons. The van der Waals surface area contributed by atoms with E-state index < -0.39 is 0 Å². The van der Waals surface area contributed by atoms with Gasteiger partial charge in [-0.25, -0.2) is 0 Å². The van der Waals surface area contributed by atoms with Gasteiger partial charge in [0.1, 0.15) is 18.2 Å². The van der Waals surface area contributed by atoms with Crippen molar-refractivity contribution in [2.75, 3.05) is 18.0 Å². The third-order valence-electron chi connectivity index (χ3n) is 4.45. The van der Waals surface area contributed by atoms with Gasteiger partial charge >= 0.3 is 0 Å². The summed E-state index contributed by atoms with van der Waals surface area (Å²) in [5.41, 5.74) is 1.50. The summed E-state index contributed by atoms with van der Waals surface area (Å²) in [6.45, 7) is 8.20. The fourth-order valence-electron chi connectivity index (χ4n) is 3.12. The van der Waals surface area contributed by atoms with Crippen LogP contribution >= 0.6 is 0 Å². The van der Waals surface area contributed by atoms with Gasteiger partial charge in [-0.1, -0.05) is 39.0 Å². The second-order valence-electron chi connectivity index (χ2n) is 6.04. The summed E-state index contributed by atoms with van der Waals surface area (Å²) in [7, 11) is 0. The molecule has 6 nitrogen and oxygen atoms in total. The summed E-state index contributed by atoms with van der Waals surface area (Å²) < 4.78 is 1.78. The molecule has 0 N–H and O–H groups in total. The average molecular weight is 328 g/mol. The minimum Gasteiger partial charge on any atom is -0.357 e. The van der Waals surface area contributed by atoms with E-state index in [1.54, 1.807) is 4.52 Å². The minimum atomic E-state index is 0.492. The Morgan fingerprint density at radius 1 is 1.08 bits per heavy atom. The van der Waals surface area contributed by atoms with Gasteiger partial charge in [0.15, 0.2) is 5.69 Å². The number of hydrogen-bond donors (Lipinski definition) is 0. The summed E-state index contributed by atoms with van der Waals surface area (Å²) in [6, 6.07) is 2.26. The lowest BCUT2D eigenvalue weighted by atomic mass is 10.0. The van der Waals surface area contributed by atoms with Crippen LogP contribution in [0.25, 0.3) is 5.78 Å². The topological polar surface area (TPSA) is 70.1 Å². The third-order valence-corrected chi connectivity index (χ3v) is 4.45. The van der Waals surface area contributed by atoms with Crippen molar-refractivity contribution in [1.82, 2.24) is 19.6 Å². The van der Waals surface area contributed by atoms with Crippen LogP contribution in [0.5, 0.6) is 0 Å². The summed E-state index contributed by atoms with van der Waals surface area (Å²) in [5, 5.41) is 13.9. The Balaban J connectivity index is 2.28. The maximum absolute atomic E-state index is 9.55. The van der Waals surface area contributed by atoms with Crippen LogP contribution in [0.15, 0.2) is 6.33 Å². The SMILES string of the molecule is CCCCCCCCc1c(C#N)nc2ncnn2c1N(CC)CC. The van der Waals surface area contributed by atoms with Gasteiger partial charge in [0.05, 0.1) is 0 Å². The Hall–Kier alpha value is -2.16. The van der Waals surface area contributed by atoms with Crippen molar-refractivity contribution in [2.45, 2.75) is 65.7 Å². The molecule has 2 aromatic rings. The Morgan fingerprint density at radius 3 is 2.46 bits per heavy atom. The highest BCUT2D eigenvalue weighted by molar-refractivity contribution is 5.57. The Labute approximate surface area is 144 Å². The summed E-state index contributed by atoms with van der Waals surface area (Å²) in [5.74, 6) is 1.48. The molecule has 0 aliphatic rings. The molecule has 0 saturated carbocycles. The van der Waals surface area contributed by atoms with Crippen LogP contribution in [0, 0.1) is 11.3 Å². The smallest absolute Gasteiger partial charge is 0.255 e. The van der Waals surface area contributed by atoms with E-state index in [1.807, 2.05) is 0 Å². The van der Waals surface area contributed by atoms with Gasteiger partial charge in [-0.15, -0.1) is 0 Å². The Morgan fingerprint density at radius 2 is 1.79 bits per heavy atom. The predicted molar refractivity (Wildman–Crippen MR) is 96.1 cm³/mol. The van der Waals surface area contributed by atoms with Crippen LogP contribution < -0.4 is 4.90 Å². The summed E-state index contributed by atoms with van der Waals surface area (Å²) in [4.78, 5) is 10.8. The largest absolute Gasteiger partial charge is 0.357 e. The molecule has 2 rings (SSSR count). The molecule has 0 aliphatic carbocycles. The molecule has 130 valence electrons. The van der Waals surface area contributed by atoms with Crippen molar-refractivity contribution in [3.05, 3.63) is 17.6 Å². The molecule has 0 aromatic carbocycles. The van der Waals surface area contributed by atoms with Crippen LogP contribution in [0.4, 0.5) is 5.82 Å². The summed E-state index contributed by atoms with van der Waals surface area (Å²) >= 11 is 0. The highest BCUT2D eigenvalue weighted by Crippen LogP contribution is 2.25. The monoisotopic (exact) mass is 328 g/mol. The van der Waals surface area contributed by atoms with Crippen LogP contribution in [0.1, 0.15) is 70.6 Å². The molecular weight excluding hydrogens is 300 g/mol. The number of unbranched alkanes of at least 4 members (excludes halogenated alkanes) is 5. The minimum absolute atomic E-state index is 0.492. The molecule has 6 heteroatoms. The number of nitriles is 1. The fourth-order valence-corrected chi connectivity index (χ4v) is 3.12. The molecule has 0 unspecified atom stereocenters. The first kappa shape index (κ1) is 18.2. The average Bonchev–Trinajstić information content (AvgIpc) is 3.07. The van der Waals surface area contributed by atoms with Crippen LogP contribution in [-0.2, 0) is 6.42 Å². The standard InChI is InChI=1S/C18H28N6/c1-4-7-8-9-10-11-12-15-16(13-19)22-18-20-14-21-24(18)17(15)23(5-2)6-3/h14H,4-12H2,1-3H3. The maximum Gasteiger partial charge on any atom is 0.255 e. The van der Waals surface area contributed by atoms with E-state index >= 15 is 0 Å². The van der Waals surface area contributed by atoms with E-state index in [-0.39, 0.29) is 0 Å². The van der Waals surface area contributed by atoms with Crippen molar-refractivity contribution in [3.8, 4) is 6.07 Å². The second-order valence-corrected chi connectivity index (χ2v) is 6.04. The van der Waals surface area contributed by atoms with Gasteiger partial charge in [0.2, 0.25) is 0 Å². The first-order valence-electron chi connectivity index (χ1n) is 9.14. The van der Waals surface area contributed by atoms with E-state index in [0.717, 1.165) is 37.3 Å². The van der Waals surface area contributed by atoms with Gasteiger partial charge in [0, 0.05) is 18.7 Å². The van der Waals surface area contributed by atoms with E-state index in [4.69, 9.17) is 0 Å². The number of nitrogens with zero attached hydrogens (tertiary/aromatic N) is 6. The second kappa shape index (κ2) is 9.21. The molecule has 0 atom stereocenters. The zero-order valence-electron chi connectivity index (χ0n) is 15.1. The molecule has 0 aliphatic heterocycles. The normalized spacial score (nSPS) is 10.9. The van der Waals surface area contributed by atoms with Gasteiger partial charge < -0.3 is 4.90 Å². The maximum atomic E-state index is 9.55. The fraction of sp³-hybridized carbons (Fsp3) is 0.667. The molecule has 2 heterocycles. The zero-order valence-corrected chi connectivity index (χ0v) is 15.1. The number of aromatic nitrogens is 4. The number of anilines is 1. The van der Waals surface area contributed by atoms with E-state index in [1.165, 1.54) is 38.4 Å². The molecular formula is C18H28N6. The number of fused-ring (bicyclic) bond motifs is 1. The van der Waals surface area contributed by atoms with Crippen LogP contribution in [0.3, 0.4) is 0 Å². The van der Waals surface area contributed by atoms with Crippen LogP contribution in [-0.4, -0.2) is 32.7 Å². The lowest BCUT2D eigenvalue weighted by Gasteiger charge is -2.24. The van der Waals surface area contributed by atoms with Crippen molar-refractivity contribution in [2.24, 2.45) is 0 Å². The van der Waals surface area contributed by atoms with Crippen molar-refractivity contribution in [1.29, 1.82) is 5.26 Å². The molecule has 2 aromatic heterocycles. The number of rotatable bonds is 10. The van der Waals surface area contributed by atoms with Gasteiger partial charge in [-0.3, -0.25) is 0 Å². The van der Waals surface area contributed by atoms with Gasteiger partial charge in [-0.2, -0.15) is 24.8 Å². The molecule has 0 spiro atoms. The predicted octanol–water partition coefficient (Wildman–Crippen LogP) is 3.75. The van der Waals surface area contributed by atoms with Gasteiger partial charge in [0.25, 0.3) is 5.78 Å². The molecule has 0 fully saturated rings. The lowest BCUT2D eigenvalue weighted by molar-refractivity contribution is 0.605. The Kier molecular flexibility index (Phi) is 6.98. The molecule has 0 amide bonds. The van der Waals surface area contributed by atoms with E-state index in [0.29, 0.717) is 11.5 Å². The third kappa shape index (κ3) is 4.02. The summed E-state index contributed by atoms with van der Waals surface area (Å²) in [6.07, 6.45) is 9.76. The first-order valence-corrected chi connectivity index (χ1v) is 9.14. The molecule has 0 saturated heterocycles. The number of hydrogen-bond acceptors (Lipinski definition) is 5. The quantitative estimate of drug-likeness (QED) is 0.621. The van der Waals surface area contributed by atoms with E-state index in [2.05, 4.69) is 46.8 Å². The Bertz CT molecular complexity index is 681. The van der Waals surface area contributed by atoms with Crippen LogP contribution in [0.2, 0.25) is 0 Å². The highest BCUT2D eigenvalue weighted by atomic mass is 15.4. The first-order chi connectivity index (χ1) is 11.8. The van der Waals surface area contributed by atoms with Gasteiger partial charge in [-0.05, 0) is 26.7 Å². The molecule has 24 heavy (non-hydrogen) atoms. The highest BCUT2D eigenvalue weighted by Gasteiger charge is 2.20.